The van der Waals surface area contributed by atoms with Crippen molar-refractivity contribution in [3.05, 3.63) is 88.7 Å². The zero-order chi connectivity index (χ0) is 26.5. The number of hydrogen-bond acceptors (Lipinski definition) is 7. The molecule has 0 aliphatic heterocycles. The van der Waals surface area contributed by atoms with Crippen LogP contribution in [0, 0.1) is 0 Å². The Bertz CT molecular complexity index is 1550. The van der Waals surface area contributed by atoms with Crippen molar-refractivity contribution < 1.29 is 9.47 Å². The zero-order valence-corrected chi connectivity index (χ0v) is 21.6. The van der Waals surface area contributed by atoms with Gasteiger partial charge < -0.3 is 9.47 Å². The molecule has 0 spiro atoms. The van der Waals surface area contributed by atoms with E-state index in [-0.39, 0.29) is 5.69 Å². The standard InChI is InChI=1S/C28H29N7O3/c1-4-5-8-21-18-35(26-23(37-2)10-6-11-24(26)38-3)28(36)34(21)17-19-12-14-20(15-13-19)22-9-7-16-29-25(22)27-30-32-33-31-27/h6-7,9-16,18H,4-5,8,17H2,1-3H3,(H,30,31,32,33). The first-order chi connectivity index (χ1) is 18.6. The summed E-state index contributed by atoms with van der Waals surface area (Å²) in [5.74, 6) is 1.65. The normalized spacial score (nSPS) is 11.0. The number of aromatic amines is 1. The van der Waals surface area contributed by atoms with Crippen molar-refractivity contribution in [1.82, 2.24) is 34.7 Å². The van der Waals surface area contributed by atoms with Crippen LogP contribution >= 0.6 is 0 Å². The van der Waals surface area contributed by atoms with Crippen molar-refractivity contribution in [2.24, 2.45) is 0 Å². The highest BCUT2D eigenvalue weighted by Crippen LogP contribution is 2.32. The second-order valence-corrected chi connectivity index (χ2v) is 8.82. The number of imidazole rings is 1. The van der Waals surface area contributed by atoms with Crippen LogP contribution in [0.15, 0.2) is 71.8 Å². The Labute approximate surface area is 219 Å². The highest BCUT2D eigenvalue weighted by Gasteiger charge is 2.19. The van der Waals surface area contributed by atoms with Crippen molar-refractivity contribution in [2.75, 3.05) is 14.2 Å². The van der Waals surface area contributed by atoms with Gasteiger partial charge in [-0.2, -0.15) is 0 Å². The number of aryl methyl sites for hydroxylation is 1. The molecule has 0 atom stereocenters. The van der Waals surface area contributed by atoms with Crippen molar-refractivity contribution in [1.29, 1.82) is 0 Å². The van der Waals surface area contributed by atoms with E-state index >= 15 is 0 Å². The molecule has 0 aliphatic carbocycles. The monoisotopic (exact) mass is 511 g/mol. The largest absolute Gasteiger partial charge is 0.494 e. The van der Waals surface area contributed by atoms with Gasteiger partial charge in [0.1, 0.15) is 22.9 Å². The zero-order valence-electron chi connectivity index (χ0n) is 21.6. The number of hydrogen-bond donors (Lipinski definition) is 1. The van der Waals surface area contributed by atoms with Gasteiger partial charge in [-0.05, 0) is 52.6 Å². The Morgan fingerprint density at radius 1 is 0.974 bits per heavy atom. The first kappa shape index (κ1) is 24.9. The minimum absolute atomic E-state index is 0.143. The van der Waals surface area contributed by atoms with Crippen molar-refractivity contribution in [3.63, 3.8) is 0 Å². The Balaban J connectivity index is 1.51. The molecule has 3 heterocycles. The summed E-state index contributed by atoms with van der Waals surface area (Å²) in [6, 6.07) is 17.5. The molecular weight excluding hydrogens is 482 g/mol. The van der Waals surface area contributed by atoms with Gasteiger partial charge in [-0.3, -0.25) is 14.1 Å². The number of unbranched alkanes of at least 4 members (excludes halogenated alkanes) is 1. The number of methoxy groups -OCH3 is 2. The molecule has 10 heteroatoms. The van der Waals surface area contributed by atoms with Crippen LogP contribution in [0.3, 0.4) is 0 Å². The third-order valence-electron chi connectivity index (χ3n) is 6.47. The molecule has 0 amide bonds. The van der Waals surface area contributed by atoms with Gasteiger partial charge in [0, 0.05) is 23.7 Å². The number of tetrazole rings is 1. The van der Waals surface area contributed by atoms with E-state index in [4.69, 9.17) is 9.47 Å². The lowest BCUT2D eigenvalue weighted by atomic mass is 10.0. The van der Waals surface area contributed by atoms with Crippen LogP contribution in [0.1, 0.15) is 31.0 Å². The lowest BCUT2D eigenvalue weighted by Crippen LogP contribution is -2.25. The van der Waals surface area contributed by atoms with Gasteiger partial charge in [0.15, 0.2) is 5.82 Å². The SMILES string of the molecule is CCCCc1cn(-c2c(OC)cccc2OC)c(=O)n1Cc1ccc(-c2cccnc2-c2nnn[nH]2)cc1. The van der Waals surface area contributed by atoms with Gasteiger partial charge in [0.05, 0.1) is 20.8 Å². The molecule has 0 aliphatic rings. The fourth-order valence-corrected chi connectivity index (χ4v) is 4.54. The smallest absolute Gasteiger partial charge is 0.333 e. The lowest BCUT2D eigenvalue weighted by Gasteiger charge is -2.12. The predicted molar refractivity (Wildman–Crippen MR) is 144 cm³/mol. The molecule has 0 bridgehead atoms. The number of ether oxygens (including phenoxy) is 2. The molecule has 5 aromatic rings. The second kappa shape index (κ2) is 11.1. The van der Waals surface area contributed by atoms with E-state index in [0.717, 1.165) is 41.6 Å². The quantitative estimate of drug-likeness (QED) is 0.298. The van der Waals surface area contributed by atoms with Gasteiger partial charge in [0.25, 0.3) is 0 Å². The molecule has 194 valence electrons. The summed E-state index contributed by atoms with van der Waals surface area (Å²) in [6.45, 7) is 2.58. The highest BCUT2D eigenvalue weighted by molar-refractivity contribution is 5.77. The van der Waals surface area contributed by atoms with Crippen LogP contribution in [-0.4, -0.2) is 49.0 Å². The molecule has 1 N–H and O–H groups in total. The van der Waals surface area contributed by atoms with Gasteiger partial charge in [0.2, 0.25) is 0 Å². The summed E-state index contributed by atoms with van der Waals surface area (Å²) in [7, 11) is 3.18. The van der Waals surface area contributed by atoms with E-state index in [9.17, 15) is 4.79 Å². The topological polar surface area (TPSA) is 113 Å². The Hall–Kier alpha value is -4.73. The van der Waals surface area contributed by atoms with E-state index in [0.29, 0.717) is 35.2 Å². The number of rotatable bonds is 10. The van der Waals surface area contributed by atoms with Crippen molar-refractivity contribution in [2.45, 2.75) is 32.7 Å². The van der Waals surface area contributed by atoms with Crippen LogP contribution in [0.5, 0.6) is 11.5 Å². The molecule has 0 saturated heterocycles. The van der Waals surface area contributed by atoms with Gasteiger partial charge >= 0.3 is 5.69 Å². The molecule has 0 radical (unpaired) electrons. The van der Waals surface area contributed by atoms with Crippen LogP contribution in [-0.2, 0) is 13.0 Å². The van der Waals surface area contributed by atoms with Crippen LogP contribution < -0.4 is 15.2 Å². The number of nitrogens with one attached hydrogen (secondary N) is 1. The average Bonchev–Trinajstić information content (AvgIpc) is 3.61. The van der Waals surface area contributed by atoms with E-state index in [1.807, 2.05) is 65.4 Å². The van der Waals surface area contributed by atoms with E-state index in [1.54, 1.807) is 25.0 Å². The molecular formula is C28H29N7O3. The van der Waals surface area contributed by atoms with Crippen LogP contribution in [0.2, 0.25) is 0 Å². The molecule has 0 fully saturated rings. The molecule has 0 unspecified atom stereocenters. The van der Waals surface area contributed by atoms with E-state index in [1.165, 1.54) is 0 Å². The lowest BCUT2D eigenvalue weighted by molar-refractivity contribution is 0.390. The number of para-hydroxylation sites is 1. The van der Waals surface area contributed by atoms with Gasteiger partial charge in [-0.25, -0.2) is 9.89 Å². The third-order valence-corrected chi connectivity index (χ3v) is 6.47. The fraction of sp³-hybridized carbons (Fsp3) is 0.250. The third kappa shape index (κ3) is 4.80. The van der Waals surface area contributed by atoms with Gasteiger partial charge in [-0.15, -0.1) is 5.10 Å². The summed E-state index contributed by atoms with van der Waals surface area (Å²) in [6.07, 6.45) is 6.41. The highest BCUT2D eigenvalue weighted by atomic mass is 16.5. The summed E-state index contributed by atoms with van der Waals surface area (Å²) >= 11 is 0. The van der Waals surface area contributed by atoms with Crippen molar-refractivity contribution in [3.8, 4) is 39.8 Å². The average molecular weight is 512 g/mol. The first-order valence-corrected chi connectivity index (χ1v) is 12.5. The molecule has 0 saturated carbocycles. The fourth-order valence-electron chi connectivity index (χ4n) is 4.54. The number of benzene rings is 2. The van der Waals surface area contributed by atoms with Crippen molar-refractivity contribution >= 4 is 0 Å². The summed E-state index contributed by atoms with van der Waals surface area (Å²) < 4.78 is 14.6. The molecule has 5 rings (SSSR count). The maximum absolute atomic E-state index is 13.7. The molecule has 10 nitrogen and oxygen atoms in total. The van der Waals surface area contributed by atoms with Crippen LogP contribution in [0.4, 0.5) is 0 Å². The minimum atomic E-state index is -0.143. The summed E-state index contributed by atoms with van der Waals surface area (Å²) in [5, 5.41) is 14.1. The second-order valence-electron chi connectivity index (χ2n) is 8.82. The number of aromatic nitrogens is 7. The maximum atomic E-state index is 13.7. The van der Waals surface area contributed by atoms with E-state index < -0.39 is 0 Å². The summed E-state index contributed by atoms with van der Waals surface area (Å²) in [4.78, 5) is 18.2. The minimum Gasteiger partial charge on any atom is -0.494 e. The molecule has 3 aromatic heterocycles. The Morgan fingerprint density at radius 3 is 2.39 bits per heavy atom. The Kier molecular flexibility index (Phi) is 7.30. The predicted octanol–water partition coefficient (Wildman–Crippen LogP) is 4.29. The number of H-pyrrole nitrogens is 1. The number of pyridine rings is 1. The maximum Gasteiger partial charge on any atom is 0.333 e. The molecule has 38 heavy (non-hydrogen) atoms. The van der Waals surface area contributed by atoms with Gasteiger partial charge in [-0.1, -0.05) is 49.7 Å². The van der Waals surface area contributed by atoms with Crippen LogP contribution in [0.25, 0.3) is 28.3 Å². The number of nitrogens with zero attached hydrogens (tertiary/aromatic N) is 6. The molecule has 2 aromatic carbocycles. The van der Waals surface area contributed by atoms with E-state index in [2.05, 4.69) is 32.5 Å². The first-order valence-electron chi connectivity index (χ1n) is 12.5. The summed E-state index contributed by atoms with van der Waals surface area (Å²) in [5.41, 5.74) is 4.98. The Morgan fingerprint density at radius 2 is 1.74 bits per heavy atom.